The number of rotatable bonds is 11. The third kappa shape index (κ3) is 5.75. The molecule has 0 amide bonds. The molecule has 1 aliphatic rings. The Kier molecular flexibility index (Phi) is 8.02. The molecule has 6 heteroatoms. The second kappa shape index (κ2) is 11.3. The van der Waals surface area contributed by atoms with Crippen LogP contribution in [0.3, 0.4) is 0 Å². The summed E-state index contributed by atoms with van der Waals surface area (Å²) in [4.78, 5) is 13.8. The number of carboxylic acids is 1. The van der Waals surface area contributed by atoms with E-state index in [1.54, 1.807) is 24.3 Å². The van der Waals surface area contributed by atoms with Crippen molar-refractivity contribution in [1.82, 2.24) is 9.47 Å². The third-order valence-corrected chi connectivity index (χ3v) is 6.52. The Hall–Kier alpha value is -2.83. The molecule has 4 rings (SSSR count). The first-order chi connectivity index (χ1) is 16.2. The van der Waals surface area contributed by atoms with Gasteiger partial charge >= 0.3 is 5.97 Å². The van der Waals surface area contributed by atoms with E-state index in [0.717, 1.165) is 58.7 Å². The van der Waals surface area contributed by atoms with Crippen LogP contribution in [0.4, 0.5) is 0 Å². The molecule has 33 heavy (non-hydrogen) atoms. The van der Waals surface area contributed by atoms with Crippen molar-refractivity contribution >= 4 is 16.9 Å². The van der Waals surface area contributed by atoms with Crippen molar-refractivity contribution in [2.75, 3.05) is 39.5 Å². The van der Waals surface area contributed by atoms with Gasteiger partial charge in [0.2, 0.25) is 0 Å². The highest BCUT2D eigenvalue weighted by atomic mass is 16.5. The summed E-state index contributed by atoms with van der Waals surface area (Å²) in [5.41, 5.74) is 2.99. The number of aromatic nitrogens is 1. The molecule has 0 aliphatic carbocycles. The number of fused-ring (bicyclic) bond motifs is 1. The van der Waals surface area contributed by atoms with Crippen molar-refractivity contribution in [2.45, 2.75) is 38.6 Å². The van der Waals surface area contributed by atoms with Crippen molar-refractivity contribution in [3.05, 3.63) is 65.9 Å². The van der Waals surface area contributed by atoms with Gasteiger partial charge in [-0.05, 0) is 69.0 Å². The van der Waals surface area contributed by atoms with Gasteiger partial charge in [0.05, 0.1) is 13.2 Å². The van der Waals surface area contributed by atoms with Crippen LogP contribution < -0.4 is 4.74 Å². The predicted octanol–water partition coefficient (Wildman–Crippen LogP) is 5.02. The van der Waals surface area contributed by atoms with Gasteiger partial charge < -0.3 is 24.0 Å². The summed E-state index contributed by atoms with van der Waals surface area (Å²) in [6.45, 7) is 8.07. The number of carbonyl (C=O) groups is 1. The van der Waals surface area contributed by atoms with Crippen molar-refractivity contribution < 1.29 is 19.4 Å². The monoisotopic (exact) mass is 450 g/mol. The molecule has 0 spiro atoms. The Labute approximate surface area is 195 Å². The maximum absolute atomic E-state index is 11.3. The number of para-hydroxylation sites is 2. The van der Waals surface area contributed by atoms with E-state index in [0.29, 0.717) is 18.3 Å². The van der Waals surface area contributed by atoms with Crippen LogP contribution in [0.1, 0.15) is 48.0 Å². The number of piperidine rings is 1. The summed E-state index contributed by atoms with van der Waals surface area (Å²) >= 11 is 0. The molecule has 0 atom stereocenters. The molecule has 1 aliphatic heterocycles. The Morgan fingerprint density at radius 1 is 1.03 bits per heavy atom. The molecule has 3 aromatic rings. The van der Waals surface area contributed by atoms with Crippen LogP contribution >= 0.6 is 0 Å². The van der Waals surface area contributed by atoms with Crippen LogP contribution in [0, 0.1) is 0 Å². The number of nitrogens with zero attached hydrogens (tertiary/aromatic N) is 2. The van der Waals surface area contributed by atoms with Gasteiger partial charge in [-0.1, -0.05) is 30.3 Å². The molecule has 2 aromatic carbocycles. The molecular weight excluding hydrogens is 416 g/mol. The van der Waals surface area contributed by atoms with Gasteiger partial charge in [0.15, 0.2) is 0 Å². The fraction of sp³-hybridized carbons (Fsp3) is 0.444. The molecule has 0 radical (unpaired) electrons. The van der Waals surface area contributed by atoms with E-state index < -0.39 is 5.97 Å². The Morgan fingerprint density at radius 3 is 2.58 bits per heavy atom. The van der Waals surface area contributed by atoms with Crippen molar-refractivity contribution in [3.63, 3.8) is 0 Å². The van der Waals surface area contributed by atoms with Gasteiger partial charge in [0, 0.05) is 36.8 Å². The zero-order valence-electron chi connectivity index (χ0n) is 19.4. The molecule has 1 fully saturated rings. The fourth-order valence-corrected chi connectivity index (χ4v) is 4.80. The lowest BCUT2D eigenvalue weighted by atomic mass is 9.89. The summed E-state index contributed by atoms with van der Waals surface area (Å²) in [6.07, 6.45) is 5.54. The average molecular weight is 451 g/mol. The smallest absolute Gasteiger partial charge is 0.339 e. The SMILES string of the molecule is CCOCCn1cc(C2CCN(CCCOc3ccccc3C(=O)O)CC2)c2ccccc21. The molecule has 1 N–H and O–H groups in total. The summed E-state index contributed by atoms with van der Waals surface area (Å²) in [7, 11) is 0. The van der Waals surface area contributed by atoms with E-state index in [2.05, 4.69) is 39.9 Å². The van der Waals surface area contributed by atoms with Crippen LogP contribution in [0.25, 0.3) is 10.9 Å². The summed E-state index contributed by atoms with van der Waals surface area (Å²) in [5, 5.41) is 10.6. The van der Waals surface area contributed by atoms with Gasteiger partial charge in [0.1, 0.15) is 11.3 Å². The lowest BCUT2D eigenvalue weighted by Crippen LogP contribution is -2.34. The minimum atomic E-state index is -0.952. The topological polar surface area (TPSA) is 63.9 Å². The van der Waals surface area contributed by atoms with Crippen LogP contribution in [-0.4, -0.2) is 60.0 Å². The van der Waals surface area contributed by atoms with Gasteiger partial charge in [-0.15, -0.1) is 0 Å². The number of benzene rings is 2. The molecule has 0 bridgehead atoms. The van der Waals surface area contributed by atoms with Crippen LogP contribution in [0.15, 0.2) is 54.7 Å². The molecule has 1 aromatic heterocycles. The Bertz CT molecular complexity index is 1050. The summed E-state index contributed by atoms with van der Waals surface area (Å²) in [6, 6.07) is 15.5. The van der Waals surface area contributed by atoms with E-state index in [-0.39, 0.29) is 5.56 Å². The van der Waals surface area contributed by atoms with E-state index in [9.17, 15) is 9.90 Å². The largest absolute Gasteiger partial charge is 0.493 e. The minimum Gasteiger partial charge on any atom is -0.493 e. The standard InChI is InChI=1S/C27H34N2O4/c1-2-32-19-17-29-20-24(22-8-3-5-10-25(22)29)21-12-15-28(16-13-21)14-7-18-33-26-11-6-4-9-23(26)27(30)31/h3-6,8-11,20-21H,2,7,12-19H2,1H3,(H,30,31). The number of hydrogen-bond donors (Lipinski definition) is 1. The molecule has 2 heterocycles. The van der Waals surface area contributed by atoms with E-state index in [1.165, 1.54) is 16.5 Å². The first-order valence-electron chi connectivity index (χ1n) is 12.0. The van der Waals surface area contributed by atoms with Crippen LogP contribution in [0.2, 0.25) is 0 Å². The zero-order valence-corrected chi connectivity index (χ0v) is 19.4. The number of likely N-dealkylation sites (tertiary alicyclic amines) is 1. The normalized spacial score (nSPS) is 15.2. The Morgan fingerprint density at radius 2 is 1.79 bits per heavy atom. The quantitative estimate of drug-likeness (QED) is 0.416. The maximum atomic E-state index is 11.3. The van der Waals surface area contributed by atoms with Crippen molar-refractivity contribution in [1.29, 1.82) is 0 Å². The van der Waals surface area contributed by atoms with Gasteiger partial charge in [-0.25, -0.2) is 4.79 Å². The lowest BCUT2D eigenvalue weighted by molar-refractivity contribution is 0.0692. The Balaban J connectivity index is 1.28. The lowest BCUT2D eigenvalue weighted by Gasteiger charge is -2.32. The number of carboxylic acid groups (broad SMARTS) is 1. The average Bonchev–Trinajstić information content (AvgIpc) is 3.21. The molecule has 6 nitrogen and oxygen atoms in total. The van der Waals surface area contributed by atoms with Gasteiger partial charge in [0.25, 0.3) is 0 Å². The summed E-state index contributed by atoms with van der Waals surface area (Å²) in [5.74, 6) is 0.0783. The van der Waals surface area contributed by atoms with E-state index >= 15 is 0 Å². The van der Waals surface area contributed by atoms with E-state index in [4.69, 9.17) is 9.47 Å². The minimum absolute atomic E-state index is 0.221. The highest BCUT2D eigenvalue weighted by Gasteiger charge is 2.23. The molecular formula is C27H34N2O4. The van der Waals surface area contributed by atoms with Crippen LogP contribution in [-0.2, 0) is 11.3 Å². The molecule has 176 valence electrons. The van der Waals surface area contributed by atoms with Crippen molar-refractivity contribution in [2.24, 2.45) is 0 Å². The maximum Gasteiger partial charge on any atom is 0.339 e. The predicted molar refractivity (Wildman–Crippen MR) is 130 cm³/mol. The molecule has 1 saturated heterocycles. The third-order valence-electron chi connectivity index (χ3n) is 6.52. The second-order valence-electron chi connectivity index (χ2n) is 8.61. The number of ether oxygens (including phenoxy) is 2. The molecule has 0 saturated carbocycles. The van der Waals surface area contributed by atoms with E-state index in [1.807, 2.05) is 6.92 Å². The summed E-state index contributed by atoms with van der Waals surface area (Å²) < 4.78 is 13.7. The highest BCUT2D eigenvalue weighted by Crippen LogP contribution is 2.34. The highest BCUT2D eigenvalue weighted by molar-refractivity contribution is 5.90. The first kappa shape index (κ1) is 23.3. The fourth-order valence-electron chi connectivity index (χ4n) is 4.80. The van der Waals surface area contributed by atoms with Crippen LogP contribution in [0.5, 0.6) is 5.75 Å². The number of hydrogen-bond acceptors (Lipinski definition) is 4. The number of aromatic carboxylic acids is 1. The first-order valence-corrected chi connectivity index (χ1v) is 12.0. The second-order valence-corrected chi connectivity index (χ2v) is 8.61. The molecule has 0 unspecified atom stereocenters. The zero-order chi connectivity index (χ0) is 23.0. The van der Waals surface area contributed by atoms with Gasteiger partial charge in [-0.2, -0.15) is 0 Å². The van der Waals surface area contributed by atoms with Gasteiger partial charge in [-0.3, -0.25) is 0 Å². The van der Waals surface area contributed by atoms with Crippen molar-refractivity contribution in [3.8, 4) is 5.75 Å².